The number of rotatable bonds is 2. The second-order valence-corrected chi connectivity index (χ2v) is 7.05. The summed E-state index contributed by atoms with van der Waals surface area (Å²) in [6.07, 6.45) is 5.82. The van der Waals surface area contributed by atoms with E-state index in [1.54, 1.807) is 0 Å². The van der Waals surface area contributed by atoms with Crippen LogP contribution in [-0.4, -0.2) is 46.9 Å². The number of nitrogens with zero attached hydrogens (tertiary/aromatic N) is 3. The molecule has 2 bridgehead atoms. The van der Waals surface area contributed by atoms with Crippen molar-refractivity contribution in [2.24, 2.45) is 5.41 Å². The zero-order valence-electron chi connectivity index (χ0n) is 12.6. The summed E-state index contributed by atoms with van der Waals surface area (Å²) in [7, 11) is 0. The molecule has 0 radical (unpaired) electrons. The fourth-order valence-corrected chi connectivity index (χ4v) is 4.29. The van der Waals surface area contributed by atoms with Crippen molar-refractivity contribution in [2.75, 3.05) is 13.1 Å². The number of carbonyl (C=O) groups excluding carboxylic acids is 1. The van der Waals surface area contributed by atoms with E-state index in [4.69, 9.17) is 0 Å². The Bertz CT molecular complexity index is 419. The molecule has 0 aromatic heterocycles. The van der Waals surface area contributed by atoms with Gasteiger partial charge in [0.1, 0.15) is 5.41 Å². The van der Waals surface area contributed by atoms with Crippen molar-refractivity contribution < 1.29 is 4.79 Å². The largest absolute Gasteiger partial charge is 0.333 e. The average Bonchev–Trinajstić information content (AvgIpc) is 3.02. The third-order valence-electron chi connectivity index (χ3n) is 5.56. The molecule has 1 aliphatic carbocycles. The molecule has 2 unspecified atom stereocenters. The lowest BCUT2D eigenvalue weighted by molar-refractivity contribution is -0.145. The van der Waals surface area contributed by atoms with E-state index >= 15 is 0 Å². The van der Waals surface area contributed by atoms with Gasteiger partial charge in [0.25, 0.3) is 0 Å². The molecule has 2 heterocycles. The van der Waals surface area contributed by atoms with Crippen LogP contribution in [0.15, 0.2) is 0 Å². The smallest absolute Gasteiger partial charge is 0.243 e. The molecule has 2 aliphatic heterocycles. The Morgan fingerprint density at radius 3 is 2.20 bits per heavy atom. The molecule has 1 saturated carbocycles. The Balaban J connectivity index is 1.79. The molecule has 3 rings (SSSR count). The Morgan fingerprint density at radius 2 is 1.75 bits per heavy atom. The quantitative estimate of drug-likeness (QED) is 0.776. The fraction of sp³-hybridized carbons (Fsp3) is 0.875. The molecule has 0 N–H and O–H groups in total. The lowest BCUT2D eigenvalue weighted by Crippen LogP contribution is -2.59. The maximum atomic E-state index is 13.0. The SMILES string of the molecule is CC(C)N1CC2CCC(C1)N2C(=O)C1(C#N)CCCC1. The van der Waals surface area contributed by atoms with Gasteiger partial charge in [-0.3, -0.25) is 9.69 Å². The van der Waals surface area contributed by atoms with E-state index in [1.807, 2.05) is 0 Å². The number of amides is 1. The minimum atomic E-state index is -0.694. The first-order valence-corrected chi connectivity index (χ1v) is 8.05. The zero-order valence-corrected chi connectivity index (χ0v) is 12.6. The highest BCUT2D eigenvalue weighted by Crippen LogP contribution is 2.43. The Morgan fingerprint density at radius 1 is 1.20 bits per heavy atom. The van der Waals surface area contributed by atoms with E-state index in [-0.39, 0.29) is 5.91 Å². The van der Waals surface area contributed by atoms with Gasteiger partial charge in [-0.05, 0) is 39.5 Å². The summed E-state index contributed by atoms with van der Waals surface area (Å²) < 4.78 is 0. The normalized spacial score (nSPS) is 32.6. The molecule has 0 spiro atoms. The summed E-state index contributed by atoms with van der Waals surface area (Å²) in [4.78, 5) is 17.6. The highest BCUT2D eigenvalue weighted by Gasteiger charge is 2.51. The highest BCUT2D eigenvalue weighted by molar-refractivity contribution is 5.86. The van der Waals surface area contributed by atoms with Gasteiger partial charge in [0.15, 0.2) is 0 Å². The van der Waals surface area contributed by atoms with Crippen molar-refractivity contribution in [3.8, 4) is 6.07 Å². The number of carbonyl (C=O) groups is 1. The first-order chi connectivity index (χ1) is 9.57. The van der Waals surface area contributed by atoms with Crippen LogP contribution < -0.4 is 0 Å². The molecule has 4 nitrogen and oxygen atoms in total. The maximum Gasteiger partial charge on any atom is 0.243 e. The lowest BCUT2D eigenvalue weighted by atomic mass is 9.85. The monoisotopic (exact) mass is 275 g/mol. The molecule has 1 amide bonds. The molecular weight excluding hydrogens is 250 g/mol. The van der Waals surface area contributed by atoms with Gasteiger partial charge in [-0.25, -0.2) is 0 Å². The van der Waals surface area contributed by atoms with Crippen molar-refractivity contribution in [3.63, 3.8) is 0 Å². The second kappa shape index (κ2) is 5.04. The molecule has 3 fully saturated rings. The molecule has 2 saturated heterocycles. The predicted molar refractivity (Wildman–Crippen MR) is 76.9 cm³/mol. The van der Waals surface area contributed by atoms with Gasteiger partial charge in [0.2, 0.25) is 5.91 Å². The van der Waals surface area contributed by atoms with Crippen molar-refractivity contribution in [3.05, 3.63) is 0 Å². The molecule has 20 heavy (non-hydrogen) atoms. The Hall–Kier alpha value is -1.08. The van der Waals surface area contributed by atoms with Gasteiger partial charge < -0.3 is 4.90 Å². The van der Waals surface area contributed by atoms with Gasteiger partial charge in [-0.15, -0.1) is 0 Å². The van der Waals surface area contributed by atoms with Gasteiger partial charge in [0, 0.05) is 31.2 Å². The number of hydrogen-bond acceptors (Lipinski definition) is 3. The van der Waals surface area contributed by atoms with E-state index in [1.165, 1.54) is 0 Å². The van der Waals surface area contributed by atoms with E-state index in [0.29, 0.717) is 18.1 Å². The van der Waals surface area contributed by atoms with Crippen molar-refractivity contribution in [1.82, 2.24) is 9.80 Å². The number of piperazine rings is 1. The van der Waals surface area contributed by atoms with E-state index in [9.17, 15) is 10.1 Å². The summed E-state index contributed by atoms with van der Waals surface area (Å²) in [5.74, 6) is 0.147. The molecule has 110 valence electrons. The zero-order chi connectivity index (χ0) is 14.3. The molecular formula is C16H25N3O. The third kappa shape index (κ3) is 2.03. The van der Waals surface area contributed by atoms with Crippen LogP contribution >= 0.6 is 0 Å². The Kier molecular flexibility index (Phi) is 3.50. The number of nitriles is 1. The number of hydrogen-bond donors (Lipinski definition) is 0. The number of fused-ring (bicyclic) bond motifs is 2. The van der Waals surface area contributed by atoms with Crippen LogP contribution in [0, 0.1) is 16.7 Å². The van der Waals surface area contributed by atoms with E-state index < -0.39 is 5.41 Å². The highest BCUT2D eigenvalue weighted by atomic mass is 16.2. The van der Waals surface area contributed by atoms with Crippen LogP contribution in [0.5, 0.6) is 0 Å². The maximum absolute atomic E-state index is 13.0. The summed E-state index contributed by atoms with van der Waals surface area (Å²) in [5, 5.41) is 9.54. The summed E-state index contributed by atoms with van der Waals surface area (Å²) >= 11 is 0. The minimum absolute atomic E-state index is 0.147. The van der Waals surface area contributed by atoms with Crippen LogP contribution in [0.1, 0.15) is 52.4 Å². The molecule has 0 aromatic rings. The van der Waals surface area contributed by atoms with Gasteiger partial charge >= 0.3 is 0 Å². The van der Waals surface area contributed by atoms with Gasteiger partial charge in [-0.1, -0.05) is 12.8 Å². The third-order valence-corrected chi connectivity index (χ3v) is 5.56. The first-order valence-electron chi connectivity index (χ1n) is 8.05. The van der Waals surface area contributed by atoms with Crippen LogP contribution in [0.25, 0.3) is 0 Å². The van der Waals surface area contributed by atoms with E-state index in [2.05, 4.69) is 29.7 Å². The lowest BCUT2D eigenvalue weighted by Gasteiger charge is -2.44. The second-order valence-electron chi connectivity index (χ2n) is 7.05. The van der Waals surface area contributed by atoms with Crippen molar-refractivity contribution >= 4 is 5.91 Å². The van der Waals surface area contributed by atoms with Crippen molar-refractivity contribution in [2.45, 2.75) is 70.5 Å². The molecule has 4 heteroatoms. The van der Waals surface area contributed by atoms with Gasteiger partial charge in [-0.2, -0.15) is 5.26 Å². The average molecular weight is 275 g/mol. The fourth-order valence-electron chi connectivity index (χ4n) is 4.29. The standard InChI is InChI=1S/C16H25N3O/c1-12(2)18-9-13-5-6-14(10-18)19(13)15(20)16(11-17)7-3-4-8-16/h12-14H,3-10H2,1-2H3. The van der Waals surface area contributed by atoms with Crippen molar-refractivity contribution in [1.29, 1.82) is 5.26 Å². The topological polar surface area (TPSA) is 47.3 Å². The first kappa shape index (κ1) is 13.9. The molecule has 0 aromatic carbocycles. The summed E-state index contributed by atoms with van der Waals surface area (Å²) in [6, 6.07) is 3.60. The van der Waals surface area contributed by atoms with Crippen LogP contribution in [-0.2, 0) is 4.79 Å². The van der Waals surface area contributed by atoms with Crippen LogP contribution in [0.3, 0.4) is 0 Å². The summed E-state index contributed by atoms with van der Waals surface area (Å²) in [5.41, 5.74) is -0.694. The molecule has 3 aliphatic rings. The van der Waals surface area contributed by atoms with Crippen LogP contribution in [0.4, 0.5) is 0 Å². The number of likely N-dealkylation sites (tertiary alicyclic amines) is 1. The predicted octanol–water partition coefficient (Wildman–Crippen LogP) is 2.15. The van der Waals surface area contributed by atoms with E-state index in [0.717, 1.165) is 51.6 Å². The molecule has 2 atom stereocenters. The Labute approximate surface area is 121 Å². The minimum Gasteiger partial charge on any atom is -0.333 e. The summed E-state index contributed by atoms with van der Waals surface area (Å²) in [6.45, 7) is 6.43. The van der Waals surface area contributed by atoms with Gasteiger partial charge in [0.05, 0.1) is 6.07 Å². The van der Waals surface area contributed by atoms with Crippen LogP contribution in [0.2, 0.25) is 0 Å².